The van der Waals surface area contributed by atoms with E-state index in [9.17, 15) is 0 Å². The van der Waals surface area contributed by atoms with E-state index in [-0.39, 0.29) is 32.5 Å². The van der Waals surface area contributed by atoms with Crippen molar-refractivity contribution in [3.8, 4) is 11.1 Å². The van der Waals surface area contributed by atoms with Crippen LogP contribution in [0.25, 0.3) is 31.3 Å². The number of thiophene rings is 1. The monoisotopic (exact) mass is 886 g/mol. The minimum absolute atomic E-state index is 0.0538. The zero-order valence-corrected chi connectivity index (χ0v) is 43.2. The molecule has 4 aliphatic rings. The van der Waals surface area contributed by atoms with Gasteiger partial charge in [-0.1, -0.05) is 131 Å². The van der Waals surface area contributed by atoms with Crippen molar-refractivity contribution < 1.29 is 0 Å². The van der Waals surface area contributed by atoms with E-state index in [1.54, 1.807) is 0 Å². The van der Waals surface area contributed by atoms with Crippen LogP contribution in [0, 0.1) is 13.8 Å². The van der Waals surface area contributed by atoms with Crippen LogP contribution in [0.2, 0.25) is 0 Å². The largest absolute Gasteiger partial charge is 0.355 e. The highest BCUT2D eigenvalue weighted by atomic mass is 32.1. The van der Waals surface area contributed by atoms with Crippen LogP contribution in [-0.2, 0) is 32.5 Å². The van der Waals surface area contributed by atoms with Crippen molar-refractivity contribution in [1.82, 2.24) is 0 Å². The number of rotatable bonds is 4. The Morgan fingerprint density at radius 1 is 0.500 bits per heavy atom. The lowest BCUT2D eigenvalue weighted by atomic mass is 9.57. The van der Waals surface area contributed by atoms with Crippen molar-refractivity contribution >= 4 is 78.2 Å². The summed E-state index contributed by atoms with van der Waals surface area (Å²) < 4.78 is 2.68. The molecule has 1 aliphatic heterocycles. The molecule has 7 aromatic rings. The van der Waals surface area contributed by atoms with Gasteiger partial charge in [-0.05, 0) is 189 Å². The molecule has 0 atom stereocenters. The van der Waals surface area contributed by atoms with Crippen molar-refractivity contribution in [2.45, 2.75) is 168 Å². The molecule has 0 fully saturated rings. The topological polar surface area (TPSA) is 15.3 Å². The summed E-state index contributed by atoms with van der Waals surface area (Å²) in [6.45, 7) is 34.1. The van der Waals surface area contributed by atoms with Gasteiger partial charge in [0.2, 0.25) is 0 Å². The molecule has 1 radical (unpaired) electrons. The fourth-order valence-corrected chi connectivity index (χ4v) is 13.9. The maximum absolute atomic E-state index is 4.16. The highest BCUT2D eigenvalue weighted by Crippen LogP contribution is 2.54. The molecular formula is C62H70BN2S. The van der Waals surface area contributed by atoms with Gasteiger partial charge in [0.25, 0.3) is 0 Å². The Balaban J connectivity index is 1.19. The second-order valence-corrected chi connectivity index (χ2v) is 26.1. The van der Waals surface area contributed by atoms with Crippen LogP contribution in [0.4, 0.5) is 28.4 Å². The molecule has 2 heterocycles. The number of aryl methyl sites for hydroxylation is 2. The van der Waals surface area contributed by atoms with Crippen molar-refractivity contribution in [2.24, 2.45) is 0 Å². The average Bonchev–Trinajstić information content (AvgIpc) is 3.64. The van der Waals surface area contributed by atoms with E-state index in [0.29, 0.717) is 0 Å². The maximum Gasteiger partial charge on any atom is 0.197 e. The Hall–Kier alpha value is -4.80. The Labute approximate surface area is 400 Å². The Morgan fingerprint density at radius 3 is 1.71 bits per heavy atom. The minimum atomic E-state index is 0.0538. The van der Waals surface area contributed by atoms with Gasteiger partial charge < -0.3 is 10.2 Å². The molecule has 0 saturated carbocycles. The molecular weight excluding hydrogens is 816 g/mol. The van der Waals surface area contributed by atoms with Gasteiger partial charge in [0, 0.05) is 54.2 Å². The molecule has 3 aliphatic carbocycles. The van der Waals surface area contributed by atoms with Gasteiger partial charge in [-0.2, -0.15) is 0 Å². The first-order valence-electron chi connectivity index (χ1n) is 25.0. The first kappa shape index (κ1) is 43.8. The molecule has 0 unspecified atom stereocenters. The van der Waals surface area contributed by atoms with Crippen LogP contribution in [-0.4, -0.2) is 7.28 Å². The minimum Gasteiger partial charge on any atom is -0.355 e. The van der Waals surface area contributed by atoms with Crippen LogP contribution < -0.4 is 21.1 Å². The molecule has 337 valence electrons. The van der Waals surface area contributed by atoms with Gasteiger partial charge >= 0.3 is 0 Å². The third-order valence-corrected chi connectivity index (χ3v) is 18.6. The summed E-state index contributed by atoms with van der Waals surface area (Å²) in [6.07, 6.45) is 7.13. The fraction of sp³-hybridized carbons (Fsp3) is 0.419. The highest BCUT2D eigenvalue weighted by molar-refractivity contribution is 7.26. The zero-order chi connectivity index (χ0) is 46.7. The normalized spacial score (nSPS) is 20.1. The fourth-order valence-electron chi connectivity index (χ4n) is 12.7. The molecule has 0 saturated heterocycles. The predicted molar refractivity (Wildman–Crippen MR) is 290 cm³/mol. The lowest BCUT2D eigenvalue weighted by molar-refractivity contribution is 0.332. The molecule has 66 heavy (non-hydrogen) atoms. The Bertz CT molecular complexity index is 3190. The lowest BCUT2D eigenvalue weighted by Gasteiger charge is -2.44. The van der Waals surface area contributed by atoms with Gasteiger partial charge in [-0.3, -0.25) is 0 Å². The van der Waals surface area contributed by atoms with Crippen molar-refractivity contribution in [2.75, 3.05) is 10.2 Å². The van der Waals surface area contributed by atoms with Gasteiger partial charge in [0.1, 0.15) is 0 Å². The summed E-state index contributed by atoms with van der Waals surface area (Å²) >= 11 is 1.92. The van der Waals surface area contributed by atoms with Crippen molar-refractivity contribution in [1.29, 1.82) is 0 Å². The number of hydrogen-bond donors (Lipinski definition) is 1. The van der Waals surface area contributed by atoms with E-state index >= 15 is 0 Å². The summed E-state index contributed by atoms with van der Waals surface area (Å²) in [6, 6.07) is 36.4. The molecule has 6 aromatic carbocycles. The van der Waals surface area contributed by atoms with E-state index in [1.807, 2.05) is 11.3 Å². The van der Waals surface area contributed by atoms with E-state index in [1.165, 1.54) is 154 Å². The third kappa shape index (κ3) is 6.69. The highest BCUT2D eigenvalue weighted by Gasteiger charge is 2.42. The summed E-state index contributed by atoms with van der Waals surface area (Å²) in [7, 11) is 2.53. The number of fused-ring (bicyclic) bond motifs is 9. The van der Waals surface area contributed by atoms with Gasteiger partial charge in [0.05, 0.1) is 0 Å². The summed E-state index contributed by atoms with van der Waals surface area (Å²) in [5, 5.41) is 6.86. The lowest BCUT2D eigenvalue weighted by Crippen LogP contribution is -2.42. The smallest absolute Gasteiger partial charge is 0.197 e. The quantitative estimate of drug-likeness (QED) is 0.177. The Kier molecular flexibility index (Phi) is 9.52. The van der Waals surface area contributed by atoms with Crippen molar-refractivity contribution in [3.63, 3.8) is 0 Å². The van der Waals surface area contributed by atoms with Crippen LogP contribution in [0.15, 0.2) is 91.0 Å². The molecule has 1 aromatic heterocycles. The average molecular weight is 886 g/mol. The number of benzene rings is 6. The van der Waals surface area contributed by atoms with Crippen LogP contribution in [0.3, 0.4) is 0 Å². The second-order valence-electron chi connectivity index (χ2n) is 25.0. The summed E-state index contributed by atoms with van der Waals surface area (Å²) in [5.41, 5.74) is 23.5. The molecule has 4 heteroatoms. The van der Waals surface area contributed by atoms with Crippen LogP contribution in [0.5, 0.6) is 0 Å². The van der Waals surface area contributed by atoms with Crippen molar-refractivity contribution in [3.05, 3.63) is 136 Å². The van der Waals surface area contributed by atoms with Gasteiger partial charge in [-0.15, -0.1) is 11.3 Å². The first-order valence-corrected chi connectivity index (χ1v) is 25.8. The van der Waals surface area contributed by atoms with Crippen LogP contribution in [0.1, 0.15) is 166 Å². The number of nitrogens with zero attached hydrogens (tertiary/aromatic N) is 1. The molecule has 2 nitrogen and oxygen atoms in total. The van der Waals surface area contributed by atoms with E-state index < -0.39 is 0 Å². The van der Waals surface area contributed by atoms with E-state index in [0.717, 1.165) is 0 Å². The maximum atomic E-state index is 4.16. The molecule has 0 spiro atoms. The standard InChI is InChI=1S/C62H70BN2S/c1-36-29-41(40-33-45-46(61(11,12)27-26-60(45,9)10)34-49(40)64-38-19-20-42-44(32-38)59(7,8)24-23-57(42,3)4)55-51(30-36)65(50-35-47-43(31-37(50)2)58(5,6)25-28-62(47,13)14)56-48(63-55)21-22-53-54(56)39-17-15-16-18-52(39)66-53/h15-22,29-35,64H,23-28H2,1-14H3. The molecule has 1 N–H and O–H groups in total. The Morgan fingerprint density at radius 2 is 1.06 bits per heavy atom. The summed E-state index contributed by atoms with van der Waals surface area (Å²) in [4.78, 5) is 2.70. The molecule has 0 amide bonds. The third-order valence-electron chi connectivity index (χ3n) is 17.4. The van der Waals surface area contributed by atoms with E-state index in [2.05, 4.69) is 205 Å². The number of anilines is 5. The van der Waals surface area contributed by atoms with Gasteiger partial charge in [-0.25, -0.2) is 0 Å². The van der Waals surface area contributed by atoms with Gasteiger partial charge in [0.15, 0.2) is 7.28 Å². The molecule has 11 rings (SSSR count). The molecule has 0 bridgehead atoms. The predicted octanol–water partition coefficient (Wildman–Crippen LogP) is 16.6. The SMILES string of the molecule is Cc1cc(-c2cc3c(cc2Nc2ccc4c(c2)C(C)(C)CCC4(C)C)C(C)(C)CCC3(C)C)c2c(c1)N(c1cc3c(cc1C)C(C)(C)CCC3(C)C)c1c(ccc3sc4ccccc4c13)[B]2. The van der Waals surface area contributed by atoms with Crippen LogP contribution >= 0.6 is 11.3 Å². The summed E-state index contributed by atoms with van der Waals surface area (Å²) in [5.74, 6) is 0. The van der Waals surface area contributed by atoms with E-state index in [4.69, 9.17) is 0 Å². The first-order chi connectivity index (χ1) is 31.0. The second kappa shape index (κ2) is 14.4. The number of nitrogens with one attached hydrogen (secondary N) is 1. The number of hydrogen-bond acceptors (Lipinski definition) is 3. The zero-order valence-electron chi connectivity index (χ0n) is 42.3.